The third-order valence-electron chi connectivity index (χ3n) is 2.32. The molecule has 1 aromatic rings. The van der Waals surface area contributed by atoms with Crippen LogP contribution in [0.1, 0.15) is 24.2 Å². The number of hydrazine groups is 1. The third kappa shape index (κ3) is 5.41. The van der Waals surface area contributed by atoms with Crippen molar-refractivity contribution >= 4 is 29.2 Å². The minimum absolute atomic E-state index is 0.100. The highest BCUT2D eigenvalue weighted by atomic mass is 35.5. The van der Waals surface area contributed by atoms with Crippen LogP contribution in [0.4, 0.5) is 5.82 Å². The van der Waals surface area contributed by atoms with E-state index in [1.807, 2.05) is 13.8 Å². The molecule has 110 valence electrons. The van der Waals surface area contributed by atoms with Crippen LogP contribution in [0.25, 0.3) is 0 Å². The van der Waals surface area contributed by atoms with E-state index in [1.165, 1.54) is 12.1 Å². The molecule has 20 heavy (non-hydrogen) atoms. The number of pyridine rings is 1. The molecule has 1 heterocycles. The van der Waals surface area contributed by atoms with E-state index in [4.69, 9.17) is 17.4 Å². The molecule has 0 unspecified atom stereocenters. The van der Waals surface area contributed by atoms with Gasteiger partial charge in [-0.25, -0.2) is 10.8 Å². The smallest absolute Gasteiger partial charge is 0.251 e. The number of carbonyl (C=O) groups is 2. The zero-order valence-electron chi connectivity index (χ0n) is 11.4. The summed E-state index contributed by atoms with van der Waals surface area (Å²) in [4.78, 5) is 27.2. The number of anilines is 1. The monoisotopic (exact) mass is 299 g/mol. The summed E-state index contributed by atoms with van der Waals surface area (Å²) in [6.07, 6.45) is 0. The van der Waals surface area contributed by atoms with Crippen LogP contribution in [0, 0.1) is 5.92 Å². The maximum atomic E-state index is 11.9. The molecule has 0 aliphatic rings. The lowest BCUT2D eigenvalue weighted by Crippen LogP contribution is -2.38. The van der Waals surface area contributed by atoms with Crippen LogP contribution in [0.15, 0.2) is 12.1 Å². The van der Waals surface area contributed by atoms with E-state index in [0.29, 0.717) is 12.5 Å². The summed E-state index contributed by atoms with van der Waals surface area (Å²) in [5.41, 5.74) is 2.58. The van der Waals surface area contributed by atoms with Gasteiger partial charge in [-0.1, -0.05) is 25.4 Å². The summed E-state index contributed by atoms with van der Waals surface area (Å²) < 4.78 is 0. The Morgan fingerprint density at radius 2 is 2.05 bits per heavy atom. The second kappa shape index (κ2) is 7.66. The quantitative estimate of drug-likeness (QED) is 0.348. The zero-order chi connectivity index (χ0) is 15.1. The van der Waals surface area contributed by atoms with Gasteiger partial charge in [-0.15, -0.1) is 0 Å². The Balaban J connectivity index is 2.54. The molecule has 2 amide bonds. The zero-order valence-corrected chi connectivity index (χ0v) is 12.1. The number of halogens is 1. The molecule has 0 atom stereocenters. The molecule has 8 heteroatoms. The van der Waals surface area contributed by atoms with E-state index < -0.39 is 5.91 Å². The Bertz CT molecular complexity index is 493. The molecule has 0 bridgehead atoms. The Kier molecular flexibility index (Phi) is 6.20. The fourth-order valence-corrected chi connectivity index (χ4v) is 1.55. The van der Waals surface area contributed by atoms with Crippen molar-refractivity contribution in [3.05, 3.63) is 22.8 Å². The van der Waals surface area contributed by atoms with E-state index in [1.54, 1.807) is 0 Å². The maximum Gasteiger partial charge on any atom is 0.251 e. The molecule has 0 spiro atoms. The van der Waals surface area contributed by atoms with E-state index in [9.17, 15) is 9.59 Å². The predicted molar refractivity (Wildman–Crippen MR) is 77.2 cm³/mol. The van der Waals surface area contributed by atoms with Crippen LogP contribution < -0.4 is 21.9 Å². The van der Waals surface area contributed by atoms with E-state index in [2.05, 4.69) is 21.0 Å². The first-order valence-corrected chi connectivity index (χ1v) is 6.49. The Morgan fingerprint density at radius 1 is 1.35 bits per heavy atom. The van der Waals surface area contributed by atoms with Gasteiger partial charge in [0.1, 0.15) is 11.0 Å². The molecule has 1 rings (SSSR count). The van der Waals surface area contributed by atoms with Gasteiger partial charge in [0.15, 0.2) is 0 Å². The van der Waals surface area contributed by atoms with Crippen molar-refractivity contribution in [2.24, 2.45) is 11.8 Å². The van der Waals surface area contributed by atoms with Crippen molar-refractivity contribution in [3.8, 4) is 0 Å². The van der Waals surface area contributed by atoms with Crippen LogP contribution in [0.2, 0.25) is 5.15 Å². The number of nitrogens with zero attached hydrogens (tertiary/aromatic N) is 1. The normalized spacial score (nSPS) is 10.2. The summed E-state index contributed by atoms with van der Waals surface area (Å²) >= 11 is 5.75. The van der Waals surface area contributed by atoms with Crippen molar-refractivity contribution in [1.82, 2.24) is 15.6 Å². The van der Waals surface area contributed by atoms with E-state index in [-0.39, 0.29) is 29.0 Å². The van der Waals surface area contributed by atoms with Gasteiger partial charge in [0, 0.05) is 12.1 Å². The second-order valence-electron chi connectivity index (χ2n) is 4.59. The van der Waals surface area contributed by atoms with Crippen LogP contribution in [0.5, 0.6) is 0 Å². The molecule has 0 fully saturated rings. The summed E-state index contributed by atoms with van der Waals surface area (Å²) in [6.45, 7) is 4.44. The van der Waals surface area contributed by atoms with Gasteiger partial charge >= 0.3 is 0 Å². The lowest BCUT2D eigenvalue weighted by Gasteiger charge is -2.09. The first-order chi connectivity index (χ1) is 9.42. The number of nitrogens with two attached hydrogens (primary N) is 1. The minimum atomic E-state index is -0.425. The molecule has 0 saturated heterocycles. The van der Waals surface area contributed by atoms with Gasteiger partial charge in [-0.05, 0) is 18.1 Å². The van der Waals surface area contributed by atoms with Crippen molar-refractivity contribution in [2.75, 3.05) is 18.5 Å². The molecule has 0 aromatic carbocycles. The third-order valence-corrected chi connectivity index (χ3v) is 2.51. The largest absolute Gasteiger partial charge is 0.354 e. The molecular weight excluding hydrogens is 282 g/mol. The van der Waals surface area contributed by atoms with Gasteiger partial charge in [-0.2, -0.15) is 0 Å². The predicted octanol–water partition coefficient (Wildman–Crippen LogP) is 0.523. The van der Waals surface area contributed by atoms with Gasteiger partial charge in [-0.3, -0.25) is 9.59 Å². The minimum Gasteiger partial charge on any atom is -0.354 e. The number of nitrogen functional groups attached to an aromatic ring is 1. The number of hydrogen-bond donors (Lipinski definition) is 4. The van der Waals surface area contributed by atoms with Crippen molar-refractivity contribution < 1.29 is 9.59 Å². The van der Waals surface area contributed by atoms with Gasteiger partial charge in [0.2, 0.25) is 5.91 Å². The van der Waals surface area contributed by atoms with Crippen LogP contribution in [-0.4, -0.2) is 29.9 Å². The molecule has 0 aliphatic carbocycles. The first-order valence-electron chi connectivity index (χ1n) is 6.11. The number of aromatic nitrogens is 1. The fourth-order valence-electron chi connectivity index (χ4n) is 1.35. The molecule has 0 aliphatic heterocycles. The first kappa shape index (κ1) is 16.2. The second-order valence-corrected chi connectivity index (χ2v) is 4.98. The number of rotatable bonds is 6. The topological polar surface area (TPSA) is 109 Å². The van der Waals surface area contributed by atoms with Crippen molar-refractivity contribution in [2.45, 2.75) is 13.8 Å². The van der Waals surface area contributed by atoms with Gasteiger partial charge in [0.05, 0.1) is 6.54 Å². The lowest BCUT2D eigenvalue weighted by atomic mass is 10.2. The summed E-state index contributed by atoms with van der Waals surface area (Å²) in [5.74, 6) is 5.16. The Hall–Kier alpha value is -1.86. The average molecular weight is 300 g/mol. The number of amides is 2. The highest BCUT2D eigenvalue weighted by molar-refractivity contribution is 6.29. The highest BCUT2D eigenvalue weighted by Crippen LogP contribution is 2.13. The molecule has 7 nitrogen and oxygen atoms in total. The summed E-state index contributed by atoms with van der Waals surface area (Å²) in [6, 6.07) is 2.83. The maximum absolute atomic E-state index is 11.9. The molecule has 5 N–H and O–H groups in total. The Labute approximate surface area is 122 Å². The number of hydrogen-bond acceptors (Lipinski definition) is 5. The average Bonchev–Trinajstić information content (AvgIpc) is 2.41. The van der Waals surface area contributed by atoms with Crippen LogP contribution in [-0.2, 0) is 4.79 Å². The summed E-state index contributed by atoms with van der Waals surface area (Å²) in [5, 5.41) is 5.33. The highest BCUT2D eigenvalue weighted by Gasteiger charge is 2.10. The molecule has 0 saturated carbocycles. The molecular formula is C12H18ClN5O2. The van der Waals surface area contributed by atoms with E-state index in [0.717, 1.165) is 0 Å². The number of carbonyl (C=O) groups excluding carboxylic acids is 2. The fraction of sp³-hybridized carbons (Fsp3) is 0.417. The van der Waals surface area contributed by atoms with Gasteiger partial charge < -0.3 is 16.1 Å². The van der Waals surface area contributed by atoms with Gasteiger partial charge in [0.25, 0.3) is 5.91 Å². The molecule has 0 radical (unpaired) electrons. The Morgan fingerprint density at radius 3 is 2.65 bits per heavy atom. The lowest BCUT2D eigenvalue weighted by molar-refractivity contribution is -0.120. The van der Waals surface area contributed by atoms with Crippen LogP contribution in [0.3, 0.4) is 0 Å². The summed E-state index contributed by atoms with van der Waals surface area (Å²) in [7, 11) is 0. The SMILES string of the molecule is CC(C)CNC(=O)CNC(=O)c1cc(Cl)nc(NN)c1. The standard InChI is InChI=1S/C12H18ClN5O2/c1-7(2)5-15-11(19)6-16-12(20)8-3-9(13)17-10(4-8)18-14/h3-4,7H,5-6,14H2,1-2H3,(H,15,19)(H,16,20)(H,17,18). The molecule has 1 aromatic heterocycles. The number of nitrogens with one attached hydrogen (secondary N) is 3. The van der Waals surface area contributed by atoms with Crippen LogP contribution >= 0.6 is 11.6 Å². The van der Waals surface area contributed by atoms with E-state index >= 15 is 0 Å². The van der Waals surface area contributed by atoms with Crippen molar-refractivity contribution in [3.63, 3.8) is 0 Å². The van der Waals surface area contributed by atoms with Crippen molar-refractivity contribution in [1.29, 1.82) is 0 Å².